The van der Waals surface area contributed by atoms with Gasteiger partial charge in [-0.05, 0) is 19.3 Å². The van der Waals surface area contributed by atoms with Crippen molar-refractivity contribution in [2.24, 2.45) is 0 Å². The van der Waals surface area contributed by atoms with Crippen LogP contribution < -0.4 is 5.32 Å². The molecule has 100 valence electrons. The van der Waals surface area contributed by atoms with Crippen molar-refractivity contribution in [1.82, 2.24) is 10.3 Å². The van der Waals surface area contributed by atoms with E-state index in [1.165, 1.54) is 11.3 Å². The number of carbonyl (C=O) groups is 2. The average Bonchev–Trinajstić information content (AvgIpc) is 2.80. The Morgan fingerprint density at radius 1 is 1.56 bits per heavy atom. The summed E-state index contributed by atoms with van der Waals surface area (Å²) >= 11 is 1.45. The smallest absolute Gasteiger partial charge is 0.358 e. The van der Waals surface area contributed by atoms with E-state index < -0.39 is 0 Å². The molecule has 0 unspecified atom stereocenters. The standard InChI is InChI=1S/C12H18N2O3S/c1-4-8(3)11-10(12(16)17-5-2)14-9(18-11)6-13-7-15/h7-8H,4-6H2,1-3H3,(H,13,15)/t8-/m0/s1. The fourth-order valence-corrected chi connectivity index (χ4v) is 2.59. The number of esters is 1. The van der Waals surface area contributed by atoms with Crippen LogP contribution in [0.15, 0.2) is 0 Å². The lowest BCUT2D eigenvalue weighted by atomic mass is 10.1. The van der Waals surface area contributed by atoms with E-state index in [-0.39, 0.29) is 11.9 Å². The van der Waals surface area contributed by atoms with Gasteiger partial charge >= 0.3 is 5.97 Å². The Labute approximate surface area is 111 Å². The van der Waals surface area contributed by atoms with E-state index in [0.29, 0.717) is 25.3 Å². The molecule has 0 saturated heterocycles. The number of hydrogen-bond acceptors (Lipinski definition) is 5. The Hall–Kier alpha value is -1.43. The van der Waals surface area contributed by atoms with Gasteiger partial charge in [0.1, 0.15) is 5.01 Å². The second kappa shape index (κ2) is 7.10. The number of rotatable bonds is 7. The van der Waals surface area contributed by atoms with Crippen LogP contribution in [0.2, 0.25) is 0 Å². The Morgan fingerprint density at radius 2 is 2.28 bits per heavy atom. The second-order valence-corrected chi connectivity index (χ2v) is 4.96. The van der Waals surface area contributed by atoms with Crippen LogP contribution in [-0.4, -0.2) is 24.0 Å². The van der Waals surface area contributed by atoms with E-state index in [4.69, 9.17) is 4.74 Å². The molecular formula is C12H18N2O3S. The van der Waals surface area contributed by atoms with Gasteiger partial charge in [-0.3, -0.25) is 4.79 Å². The van der Waals surface area contributed by atoms with Crippen molar-refractivity contribution in [3.8, 4) is 0 Å². The van der Waals surface area contributed by atoms with Crippen LogP contribution in [-0.2, 0) is 16.1 Å². The minimum absolute atomic E-state index is 0.256. The number of thiazole rings is 1. The van der Waals surface area contributed by atoms with Gasteiger partial charge in [0.05, 0.1) is 13.2 Å². The zero-order valence-corrected chi connectivity index (χ0v) is 11.7. The first-order valence-corrected chi connectivity index (χ1v) is 6.79. The summed E-state index contributed by atoms with van der Waals surface area (Å²) in [6, 6.07) is 0. The van der Waals surface area contributed by atoms with Gasteiger partial charge in [0.25, 0.3) is 0 Å². The molecule has 0 saturated carbocycles. The molecule has 1 rings (SSSR count). The van der Waals surface area contributed by atoms with Gasteiger partial charge in [0.15, 0.2) is 5.69 Å². The maximum Gasteiger partial charge on any atom is 0.358 e. The Morgan fingerprint density at radius 3 is 2.83 bits per heavy atom. The van der Waals surface area contributed by atoms with Crippen LogP contribution in [0.25, 0.3) is 0 Å². The van der Waals surface area contributed by atoms with Crippen LogP contribution in [0.3, 0.4) is 0 Å². The molecule has 0 fully saturated rings. The third-order valence-corrected chi connectivity index (χ3v) is 3.85. The zero-order valence-electron chi connectivity index (χ0n) is 10.9. The molecule has 0 aliphatic rings. The number of aromatic nitrogens is 1. The number of carbonyl (C=O) groups excluding carboxylic acids is 2. The maximum absolute atomic E-state index is 11.8. The number of ether oxygens (including phenoxy) is 1. The highest BCUT2D eigenvalue weighted by molar-refractivity contribution is 7.12. The molecule has 0 radical (unpaired) electrons. The first-order valence-electron chi connectivity index (χ1n) is 5.97. The average molecular weight is 270 g/mol. The minimum atomic E-state index is -0.388. The predicted molar refractivity (Wildman–Crippen MR) is 69.7 cm³/mol. The van der Waals surface area contributed by atoms with Gasteiger partial charge in [0, 0.05) is 4.88 Å². The summed E-state index contributed by atoms with van der Waals surface area (Å²) in [5.41, 5.74) is 0.388. The monoisotopic (exact) mass is 270 g/mol. The summed E-state index contributed by atoms with van der Waals surface area (Å²) in [5, 5.41) is 3.27. The van der Waals surface area contributed by atoms with Crippen molar-refractivity contribution in [1.29, 1.82) is 0 Å². The maximum atomic E-state index is 11.8. The van der Waals surface area contributed by atoms with Gasteiger partial charge in [-0.1, -0.05) is 13.8 Å². The van der Waals surface area contributed by atoms with Crippen molar-refractivity contribution in [2.75, 3.05) is 6.61 Å². The predicted octanol–water partition coefficient (Wildman–Crippen LogP) is 2.08. The molecule has 0 bridgehead atoms. The molecule has 1 N–H and O–H groups in total. The number of nitrogens with one attached hydrogen (secondary N) is 1. The summed E-state index contributed by atoms with van der Waals surface area (Å²) in [7, 11) is 0. The summed E-state index contributed by atoms with van der Waals surface area (Å²) in [6.45, 7) is 6.55. The fraction of sp³-hybridized carbons (Fsp3) is 0.583. The fourth-order valence-electron chi connectivity index (χ4n) is 1.45. The molecule has 0 aliphatic heterocycles. The lowest BCUT2D eigenvalue weighted by Gasteiger charge is -2.07. The molecule has 1 atom stereocenters. The van der Waals surface area contributed by atoms with Gasteiger partial charge in [-0.25, -0.2) is 9.78 Å². The van der Waals surface area contributed by atoms with E-state index >= 15 is 0 Å². The van der Waals surface area contributed by atoms with E-state index in [9.17, 15) is 9.59 Å². The highest BCUT2D eigenvalue weighted by Crippen LogP contribution is 2.29. The van der Waals surface area contributed by atoms with Crippen LogP contribution in [0, 0.1) is 0 Å². The van der Waals surface area contributed by atoms with Crippen molar-refractivity contribution < 1.29 is 14.3 Å². The molecule has 1 amide bonds. The molecule has 1 aromatic rings. The highest BCUT2D eigenvalue weighted by atomic mass is 32.1. The zero-order chi connectivity index (χ0) is 13.5. The van der Waals surface area contributed by atoms with Crippen LogP contribution in [0.5, 0.6) is 0 Å². The first kappa shape index (κ1) is 14.6. The molecule has 0 aromatic carbocycles. The molecule has 0 aliphatic carbocycles. The molecule has 18 heavy (non-hydrogen) atoms. The third kappa shape index (κ3) is 3.53. The summed E-state index contributed by atoms with van der Waals surface area (Å²) in [5.74, 6) is -0.131. The first-order chi connectivity index (χ1) is 8.63. The number of amides is 1. The van der Waals surface area contributed by atoms with Gasteiger partial charge < -0.3 is 10.1 Å². The molecule has 0 spiro atoms. The molecule has 1 aromatic heterocycles. The quantitative estimate of drug-likeness (QED) is 0.608. The van der Waals surface area contributed by atoms with Crippen LogP contribution in [0.1, 0.15) is 53.5 Å². The molecular weight excluding hydrogens is 252 g/mol. The lowest BCUT2D eigenvalue weighted by Crippen LogP contribution is -2.11. The summed E-state index contributed by atoms with van der Waals surface area (Å²) in [6.07, 6.45) is 1.55. The van der Waals surface area contributed by atoms with Crippen LogP contribution in [0.4, 0.5) is 0 Å². The SMILES string of the molecule is CCOC(=O)c1nc(CNC=O)sc1[C@@H](C)CC. The van der Waals surface area contributed by atoms with Crippen LogP contribution >= 0.6 is 11.3 Å². The summed E-state index contributed by atoms with van der Waals surface area (Å²) in [4.78, 5) is 27.3. The number of hydrogen-bond donors (Lipinski definition) is 1. The van der Waals surface area contributed by atoms with Gasteiger partial charge in [-0.2, -0.15) is 0 Å². The summed E-state index contributed by atoms with van der Waals surface area (Å²) < 4.78 is 5.00. The normalized spacial score (nSPS) is 11.9. The third-order valence-electron chi connectivity index (χ3n) is 2.56. The molecule has 1 heterocycles. The largest absolute Gasteiger partial charge is 0.461 e. The van der Waals surface area contributed by atoms with E-state index in [1.807, 2.05) is 6.92 Å². The Bertz CT molecular complexity index is 417. The highest BCUT2D eigenvalue weighted by Gasteiger charge is 2.22. The van der Waals surface area contributed by atoms with Gasteiger partial charge in [0.2, 0.25) is 6.41 Å². The number of nitrogens with zero attached hydrogens (tertiary/aromatic N) is 1. The van der Waals surface area contributed by atoms with Crippen molar-refractivity contribution >= 4 is 23.7 Å². The van der Waals surface area contributed by atoms with Gasteiger partial charge in [-0.15, -0.1) is 11.3 Å². The second-order valence-electron chi connectivity index (χ2n) is 3.85. The topological polar surface area (TPSA) is 68.3 Å². The van der Waals surface area contributed by atoms with E-state index in [2.05, 4.69) is 17.2 Å². The van der Waals surface area contributed by atoms with E-state index in [0.717, 1.165) is 16.3 Å². The lowest BCUT2D eigenvalue weighted by molar-refractivity contribution is -0.109. The Kier molecular flexibility index (Phi) is 5.77. The van der Waals surface area contributed by atoms with Crippen molar-refractivity contribution in [3.05, 3.63) is 15.6 Å². The van der Waals surface area contributed by atoms with Crippen molar-refractivity contribution in [3.63, 3.8) is 0 Å². The van der Waals surface area contributed by atoms with Crippen molar-refractivity contribution in [2.45, 2.75) is 39.7 Å². The molecule has 6 heteroatoms. The Balaban J connectivity index is 3.00. The minimum Gasteiger partial charge on any atom is -0.461 e. The molecule has 5 nitrogen and oxygen atoms in total. The van der Waals surface area contributed by atoms with E-state index in [1.54, 1.807) is 6.92 Å².